The van der Waals surface area contributed by atoms with E-state index < -0.39 is 28.6 Å². The predicted octanol–water partition coefficient (Wildman–Crippen LogP) is 3.04. The van der Waals surface area contributed by atoms with Crippen molar-refractivity contribution in [3.8, 4) is 11.5 Å². The van der Waals surface area contributed by atoms with Gasteiger partial charge in [0.2, 0.25) is 11.2 Å². The SMILES string of the molecule is COC(=O)C[C@H](c1oc2ccccc2c(=O)c1O)c1cc2cc(OC)ccc2[nH]c1=O. The summed E-state index contributed by atoms with van der Waals surface area (Å²) in [5.74, 6) is -1.94. The Morgan fingerprint density at radius 1 is 1.13 bits per heavy atom. The van der Waals surface area contributed by atoms with Crippen molar-refractivity contribution in [1.82, 2.24) is 4.98 Å². The number of benzene rings is 2. The number of ether oxygens (including phenoxy) is 2. The maximum atomic E-state index is 12.9. The van der Waals surface area contributed by atoms with Gasteiger partial charge < -0.3 is 24.0 Å². The quantitative estimate of drug-likeness (QED) is 0.475. The molecule has 0 saturated heterocycles. The normalized spacial score (nSPS) is 12.1. The number of methoxy groups -OCH3 is 2. The molecule has 0 fully saturated rings. The highest BCUT2D eigenvalue weighted by Crippen LogP contribution is 2.34. The molecule has 2 aromatic carbocycles. The fraction of sp³-hybridized carbons (Fsp3) is 0.174. The minimum Gasteiger partial charge on any atom is -0.502 e. The molecule has 2 heterocycles. The third kappa shape index (κ3) is 3.63. The van der Waals surface area contributed by atoms with E-state index in [0.29, 0.717) is 16.7 Å². The number of aromatic nitrogens is 1. The molecule has 0 unspecified atom stereocenters. The third-order valence-electron chi connectivity index (χ3n) is 5.17. The lowest BCUT2D eigenvalue weighted by Crippen LogP contribution is -2.21. The first-order chi connectivity index (χ1) is 14.9. The summed E-state index contributed by atoms with van der Waals surface area (Å²) < 4.78 is 15.8. The van der Waals surface area contributed by atoms with Gasteiger partial charge in [-0.15, -0.1) is 0 Å². The van der Waals surface area contributed by atoms with Crippen LogP contribution in [0.4, 0.5) is 0 Å². The third-order valence-corrected chi connectivity index (χ3v) is 5.17. The second-order valence-corrected chi connectivity index (χ2v) is 6.98. The van der Waals surface area contributed by atoms with Crippen LogP contribution in [0.1, 0.15) is 23.7 Å². The van der Waals surface area contributed by atoms with Gasteiger partial charge in [0, 0.05) is 16.5 Å². The van der Waals surface area contributed by atoms with Crippen LogP contribution in [-0.4, -0.2) is 30.3 Å². The van der Waals surface area contributed by atoms with Crippen molar-refractivity contribution < 1.29 is 23.8 Å². The van der Waals surface area contributed by atoms with Crippen LogP contribution in [0.2, 0.25) is 0 Å². The van der Waals surface area contributed by atoms with Crippen LogP contribution in [0.25, 0.3) is 21.9 Å². The van der Waals surface area contributed by atoms with E-state index >= 15 is 0 Å². The maximum absolute atomic E-state index is 12.9. The number of fused-ring (bicyclic) bond motifs is 2. The lowest BCUT2D eigenvalue weighted by molar-refractivity contribution is -0.140. The molecule has 8 heteroatoms. The summed E-state index contributed by atoms with van der Waals surface area (Å²) in [4.78, 5) is 40.5. The van der Waals surface area contributed by atoms with Crippen molar-refractivity contribution in [2.24, 2.45) is 0 Å². The Kier molecular flexibility index (Phi) is 5.21. The summed E-state index contributed by atoms with van der Waals surface area (Å²) in [6.07, 6.45) is -0.316. The Hall–Kier alpha value is -4.07. The van der Waals surface area contributed by atoms with Crippen LogP contribution in [-0.2, 0) is 9.53 Å². The van der Waals surface area contributed by atoms with E-state index in [1.807, 2.05) is 0 Å². The summed E-state index contributed by atoms with van der Waals surface area (Å²) >= 11 is 0. The lowest BCUT2D eigenvalue weighted by Gasteiger charge is -2.17. The zero-order valence-electron chi connectivity index (χ0n) is 16.8. The smallest absolute Gasteiger partial charge is 0.306 e. The van der Waals surface area contributed by atoms with Gasteiger partial charge in [0.15, 0.2) is 5.76 Å². The van der Waals surface area contributed by atoms with E-state index in [1.165, 1.54) is 20.3 Å². The Morgan fingerprint density at radius 3 is 2.65 bits per heavy atom. The number of carbonyl (C=O) groups excluding carboxylic acids is 1. The number of carbonyl (C=O) groups is 1. The van der Waals surface area contributed by atoms with Gasteiger partial charge in [-0.2, -0.15) is 0 Å². The molecule has 4 aromatic rings. The molecule has 2 N–H and O–H groups in total. The van der Waals surface area contributed by atoms with E-state index in [4.69, 9.17) is 13.9 Å². The van der Waals surface area contributed by atoms with Crippen LogP contribution < -0.4 is 15.7 Å². The number of aromatic amines is 1. The highest BCUT2D eigenvalue weighted by atomic mass is 16.5. The molecule has 8 nitrogen and oxygen atoms in total. The Bertz CT molecular complexity index is 1420. The first-order valence-electron chi connectivity index (χ1n) is 9.45. The van der Waals surface area contributed by atoms with E-state index in [2.05, 4.69) is 4.98 Å². The molecule has 31 heavy (non-hydrogen) atoms. The zero-order valence-corrected chi connectivity index (χ0v) is 16.8. The van der Waals surface area contributed by atoms with Gasteiger partial charge in [-0.25, -0.2) is 0 Å². The van der Waals surface area contributed by atoms with Gasteiger partial charge in [-0.1, -0.05) is 12.1 Å². The molecular formula is C23H19NO7. The fourth-order valence-electron chi connectivity index (χ4n) is 3.57. The molecule has 0 aliphatic rings. The second-order valence-electron chi connectivity index (χ2n) is 6.98. The first-order valence-corrected chi connectivity index (χ1v) is 9.45. The van der Waals surface area contributed by atoms with Crippen LogP contribution in [0.5, 0.6) is 11.5 Å². The van der Waals surface area contributed by atoms with E-state index in [-0.39, 0.29) is 28.7 Å². The molecule has 1 atom stereocenters. The fourth-order valence-corrected chi connectivity index (χ4v) is 3.57. The minimum absolute atomic E-state index is 0.139. The molecule has 2 aromatic heterocycles. The van der Waals surface area contributed by atoms with Crippen LogP contribution in [0.15, 0.2) is 62.5 Å². The standard InChI is InChI=1S/C23H19NO7/c1-29-13-7-8-17-12(9-13)10-16(23(28)24-17)15(11-19(25)30-2)22-21(27)20(26)14-5-3-4-6-18(14)31-22/h3-10,15,27H,11H2,1-2H3,(H,24,28)/t15-/m0/s1. The summed E-state index contributed by atoms with van der Waals surface area (Å²) in [6.45, 7) is 0. The average Bonchev–Trinajstić information content (AvgIpc) is 2.79. The number of aromatic hydroxyl groups is 1. The summed E-state index contributed by atoms with van der Waals surface area (Å²) in [7, 11) is 2.74. The summed E-state index contributed by atoms with van der Waals surface area (Å²) in [5.41, 5.74) is -0.197. The van der Waals surface area contributed by atoms with Crippen molar-refractivity contribution in [2.75, 3.05) is 14.2 Å². The molecular weight excluding hydrogens is 402 g/mol. The van der Waals surface area contributed by atoms with Crippen molar-refractivity contribution in [3.63, 3.8) is 0 Å². The van der Waals surface area contributed by atoms with Crippen molar-refractivity contribution in [2.45, 2.75) is 12.3 Å². The predicted molar refractivity (Wildman–Crippen MR) is 114 cm³/mol. The molecule has 0 amide bonds. The van der Waals surface area contributed by atoms with Gasteiger partial charge in [0.05, 0.1) is 31.9 Å². The Morgan fingerprint density at radius 2 is 1.90 bits per heavy atom. The topological polar surface area (TPSA) is 119 Å². The average molecular weight is 421 g/mol. The monoisotopic (exact) mass is 421 g/mol. The number of rotatable bonds is 5. The lowest BCUT2D eigenvalue weighted by atomic mass is 9.92. The zero-order chi connectivity index (χ0) is 22.1. The number of hydrogen-bond donors (Lipinski definition) is 2. The molecule has 0 saturated carbocycles. The highest BCUT2D eigenvalue weighted by Gasteiger charge is 2.29. The number of H-pyrrole nitrogens is 1. The number of para-hydroxylation sites is 1. The van der Waals surface area contributed by atoms with Gasteiger partial charge >= 0.3 is 5.97 Å². The van der Waals surface area contributed by atoms with Crippen molar-refractivity contribution in [3.05, 3.63) is 80.4 Å². The summed E-state index contributed by atoms with van der Waals surface area (Å²) in [5, 5.41) is 11.4. The molecule has 158 valence electrons. The molecule has 0 radical (unpaired) electrons. The number of nitrogens with one attached hydrogen (secondary N) is 1. The summed E-state index contributed by atoms with van der Waals surface area (Å²) in [6, 6.07) is 13.1. The van der Waals surface area contributed by atoms with Gasteiger partial charge in [-0.05, 0) is 36.4 Å². The van der Waals surface area contributed by atoms with Crippen LogP contribution in [0.3, 0.4) is 0 Å². The second kappa shape index (κ2) is 7.98. The first kappa shape index (κ1) is 20.2. The molecule has 0 aliphatic carbocycles. The Balaban J connectivity index is 1.98. The Labute approximate surface area is 175 Å². The van der Waals surface area contributed by atoms with Gasteiger partial charge in [-0.3, -0.25) is 14.4 Å². The van der Waals surface area contributed by atoms with E-state index in [0.717, 1.165) is 0 Å². The molecule has 0 aliphatic heterocycles. The molecule has 0 bridgehead atoms. The maximum Gasteiger partial charge on any atom is 0.306 e. The van der Waals surface area contributed by atoms with Crippen LogP contribution >= 0.6 is 0 Å². The largest absolute Gasteiger partial charge is 0.502 e. The molecule has 4 rings (SSSR count). The number of pyridine rings is 1. The van der Waals surface area contributed by atoms with E-state index in [9.17, 15) is 19.5 Å². The molecule has 0 spiro atoms. The van der Waals surface area contributed by atoms with Crippen molar-refractivity contribution in [1.29, 1.82) is 0 Å². The van der Waals surface area contributed by atoms with E-state index in [1.54, 1.807) is 42.5 Å². The minimum atomic E-state index is -1.05. The van der Waals surface area contributed by atoms with Crippen LogP contribution in [0, 0.1) is 0 Å². The number of hydrogen-bond acceptors (Lipinski definition) is 7. The highest BCUT2D eigenvalue weighted by molar-refractivity contribution is 5.82. The van der Waals surface area contributed by atoms with Gasteiger partial charge in [0.25, 0.3) is 5.56 Å². The van der Waals surface area contributed by atoms with Crippen molar-refractivity contribution >= 4 is 27.8 Å². The van der Waals surface area contributed by atoms with Gasteiger partial charge in [0.1, 0.15) is 11.3 Å². The number of esters is 1.